The fourth-order valence-electron chi connectivity index (χ4n) is 2.82. The molecule has 0 bridgehead atoms. The van der Waals surface area contributed by atoms with Crippen molar-refractivity contribution in [2.45, 2.75) is 13.8 Å². The normalized spacial score (nSPS) is 10.8. The van der Waals surface area contributed by atoms with Crippen LogP contribution >= 0.6 is 0 Å². The number of ketones is 1. The Bertz CT molecular complexity index is 862. The van der Waals surface area contributed by atoms with Gasteiger partial charge in [0.25, 0.3) is 0 Å². The number of hydrogen-bond acceptors (Lipinski definition) is 4. The number of methoxy groups -OCH3 is 1. The van der Waals surface area contributed by atoms with Gasteiger partial charge in [-0.25, -0.2) is 0 Å². The van der Waals surface area contributed by atoms with E-state index in [1.807, 2.05) is 18.2 Å². The fourth-order valence-corrected chi connectivity index (χ4v) is 2.82. The molecule has 0 fully saturated rings. The Labute approximate surface area is 141 Å². The molecule has 0 saturated carbocycles. The van der Waals surface area contributed by atoms with Gasteiger partial charge in [0.1, 0.15) is 11.3 Å². The second kappa shape index (κ2) is 6.79. The van der Waals surface area contributed by atoms with Gasteiger partial charge in [-0.1, -0.05) is 12.1 Å². The molecule has 0 atom stereocenters. The van der Waals surface area contributed by atoms with E-state index < -0.39 is 0 Å². The van der Waals surface area contributed by atoms with Gasteiger partial charge in [-0.15, -0.1) is 0 Å². The number of hydrogen-bond donors (Lipinski definition) is 0. The molecule has 0 spiro atoms. The monoisotopic (exact) mass is 323 g/mol. The van der Waals surface area contributed by atoms with Crippen molar-refractivity contribution in [2.24, 2.45) is 0 Å². The lowest BCUT2D eigenvalue weighted by atomic mass is 10.1. The first-order valence-corrected chi connectivity index (χ1v) is 8.13. The van der Waals surface area contributed by atoms with Gasteiger partial charge in [0.05, 0.1) is 7.11 Å². The van der Waals surface area contributed by atoms with Crippen LogP contribution in [0.15, 0.2) is 52.9 Å². The third kappa shape index (κ3) is 3.00. The first-order chi connectivity index (χ1) is 11.7. The van der Waals surface area contributed by atoms with Crippen LogP contribution in [0.1, 0.15) is 30.0 Å². The summed E-state index contributed by atoms with van der Waals surface area (Å²) in [6.45, 7) is 6.10. The number of benzene rings is 2. The maximum absolute atomic E-state index is 12.7. The molecule has 2 aromatic carbocycles. The summed E-state index contributed by atoms with van der Waals surface area (Å²) in [5.41, 5.74) is 2.38. The summed E-state index contributed by atoms with van der Waals surface area (Å²) in [4.78, 5) is 14.9. The molecule has 3 aromatic rings. The molecule has 0 N–H and O–H groups in total. The molecule has 4 nitrogen and oxygen atoms in total. The third-order valence-corrected chi connectivity index (χ3v) is 4.19. The molecule has 124 valence electrons. The topological polar surface area (TPSA) is 42.7 Å². The van der Waals surface area contributed by atoms with E-state index in [4.69, 9.17) is 9.15 Å². The average molecular weight is 323 g/mol. The van der Waals surface area contributed by atoms with Crippen LogP contribution in [0.25, 0.3) is 11.0 Å². The smallest absolute Gasteiger partial charge is 0.228 e. The quantitative estimate of drug-likeness (QED) is 0.626. The maximum Gasteiger partial charge on any atom is 0.228 e. The van der Waals surface area contributed by atoms with E-state index in [1.54, 1.807) is 31.4 Å². The van der Waals surface area contributed by atoms with E-state index in [1.165, 1.54) is 0 Å². The standard InChI is InChI=1S/C20H21NO3/c1-4-21(5-2)16-10-9-14-12-19(24-18(14)13-16)20(22)15-7-6-8-17(11-15)23-3/h6-13H,4-5H2,1-3H3. The van der Waals surface area contributed by atoms with Gasteiger partial charge in [0.15, 0.2) is 5.76 Å². The summed E-state index contributed by atoms with van der Waals surface area (Å²) < 4.78 is 11.0. The van der Waals surface area contributed by atoms with E-state index in [9.17, 15) is 4.79 Å². The second-order valence-electron chi connectivity index (χ2n) is 5.57. The van der Waals surface area contributed by atoms with Crippen LogP contribution in [0, 0.1) is 0 Å². The number of fused-ring (bicyclic) bond motifs is 1. The summed E-state index contributed by atoms with van der Waals surface area (Å²) in [7, 11) is 1.58. The molecular weight excluding hydrogens is 302 g/mol. The zero-order valence-corrected chi connectivity index (χ0v) is 14.2. The predicted octanol–water partition coefficient (Wildman–Crippen LogP) is 4.52. The maximum atomic E-state index is 12.7. The first kappa shape index (κ1) is 16.1. The molecule has 0 radical (unpaired) electrons. The van der Waals surface area contributed by atoms with E-state index in [2.05, 4.69) is 24.8 Å². The average Bonchev–Trinajstić information content (AvgIpc) is 3.05. The Kier molecular flexibility index (Phi) is 4.56. The molecule has 0 unspecified atom stereocenters. The Morgan fingerprint density at radius 2 is 1.88 bits per heavy atom. The van der Waals surface area contributed by atoms with Crippen LogP contribution in [0.5, 0.6) is 5.75 Å². The van der Waals surface area contributed by atoms with E-state index in [-0.39, 0.29) is 5.78 Å². The molecule has 0 aliphatic carbocycles. The summed E-state index contributed by atoms with van der Waals surface area (Å²) in [6.07, 6.45) is 0. The zero-order chi connectivity index (χ0) is 17.1. The van der Waals surface area contributed by atoms with Gasteiger partial charge in [-0.2, -0.15) is 0 Å². The third-order valence-electron chi connectivity index (χ3n) is 4.19. The summed E-state index contributed by atoms with van der Waals surface area (Å²) >= 11 is 0. The van der Waals surface area contributed by atoms with Crippen molar-refractivity contribution in [3.63, 3.8) is 0 Å². The molecule has 3 rings (SSSR count). The van der Waals surface area contributed by atoms with Gasteiger partial charge in [0.2, 0.25) is 5.78 Å². The summed E-state index contributed by atoms with van der Waals surface area (Å²) in [5.74, 6) is 0.852. The van der Waals surface area contributed by atoms with Crippen molar-refractivity contribution >= 4 is 22.4 Å². The molecule has 1 heterocycles. The minimum atomic E-state index is -0.144. The van der Waals surface area contributed by atoms with Crippen molar-refractivity contribution < 1.29 is 13.9 Å². The lowest BCUT2D eigenvalue weighted by Crippen LogP contribution is -2.21. The molecule has 0 amide bonds. The number of rotatable bonds is 6. The Hall–Kier alpha value is -2.75. The molecule has 0 aliphatic rings. The highest BCUT2D eigenvalue weighted by Gasteiger charge is 2.16. The van der Waals surface area contributed by atoms with Gasteiger partial charge in [-0.05, 0) is 44.2 Å². The number of nitrogens with zero attached hydrogens (tertiary/aromatic N) is 1. The lowest BCUT2D eigenvalue weighted by molar-refractivity contribution is 0.101. The van der Waals surface area contributed by atoms with E-state index >= 15 is 0 Å². The Balaban J connectivity index is 1.96. The minimum absolute atomic E-state index is 0.144. The zero-order valence-electron chi connectivity index (χ0n) is 14.2. The minimum Gasteiger partial charge on any atom is -0.497 e. The molecule has 4 heteroatoms. The van der Waals surface area contributed by atoms with Crippen LogP contribution in [-0.4, -0.2) is 26.0 Å². The van der Waals surface area contributed by atoms with Crippen molar-refractivity contribution in [3.8, 4) is 5.75 Å². The highest BCUT2D eigenvalue weighted by molar-refractivity contribution is 6.09. The van der Waals surface area contributed by atoms with Crippen LogP contribution in [0.3, 0.4) is 0 Å². The van der Waals surface area contributed by atoms with Gasteiger partial charge >= 0.3 is 0 Å². The highest BCUT2D eigenvalue weighted by atomic mass is 16.5. The fraction of sp³-hybridized carbons (Fsp3) is 0.250. The van der Waals surface area contributed by atoms with Crippen LogP contribution in [0.4, 0.5) is 5.69 Å². The first-order valence-electron chi connectivity index (χ1n) is 8.13. The molecule has 1 aromatic heterocycles. The molecule has 0 saturated heterocycles. The Morgan fingerprint density at radius 3 is 2.58 bits per heavy atom. The van der Waals surface area contributed by atoms with Gasteiger partial charge in [0, 0.05) is 35.8 Å². The van der Waals surface area contributed by atoms with Crippen LogP contribution < -0.4 is 9.64 Å². The van der Waals surface area contributed by atoms with Crippen molar-refractivity contribution in [3.05, 3.63) is 59.9 Å². The second-order valence-corrected chi connectivity index (χ2v) is 5.57. The van der Waals surface area contributed by atoms with E-state index in [0.717, 1.165) is 29.7 Å². The highest BCUT2D eigenvalue weighted by Crippen LogP contribution is 2.27. The summed E-state index contributed by atoms with van der Waals surface area (Å²) in [6, 6.07) is 14.9. The number of anilines is 1. The van der Waals surface area contributed by atoms with Crippen LogP contribution in [-0.2, 0) is 0 Å². The number of carbonyl (C=O) groups excluding carboxylic acids is 1. The number of carbonyl (C=O) groups is 1. The van der Waals surface area contributed by atoms with Crippen molar-refractivity contribution in [1.29, 1.82) is 0 Å². The molecular formula is C20H21NO3. The van der Waals surface area contributed by atoms with Crippen molar-refractivity contribution in [2.75, 3.05) is 25.1 Å². The molecule has 24 heavy (non-hydrogen) atoms. The summed E-state index contributed by atoms with van der Waals surface area (Å²) in [5, 5.41) is 0.928. The largest absolute Gasteiger partial charge is 0.497 e. The number of furan rings is 1. The SMILES string of the molecule is CCN(CC)c1ccc2cc(C(=O)c3cccc(OC)c3)oc2c1. The van der Waals surface area contributed by atoms with Crippen molar-refractivity contribution in [1.82, 2.24) is 0 Å². The Morgan fingerprint density at radius 1 is 1.08 bits per heavy atom. The van der Waals surface area contributed by atoms with Gasteiger partial charge < -0.3 is 14.1 Å². The lowest BCUT2D eigenvalue weighted by Gasteiger charge is -2.20. The van der Waals surface area contributed by atoms with E-state index in [0.29, 0.717) is 17.1 Å². The molecule has 0 aliphatic heterocycles. The van der Waals surface area contributed by atoms with Gasteiger partial charge in [-0.3, -0.25) is 4.79 Å². The van der Waals surface area contributed by atoms with Crippen LogP contribution in [0.2, 0.25) is 0 Å². The predicted molar refractivity (Wildman–Crippen MR) is 96.2 cm³/mol. The number of ether oxygens (including phenoxy) is 1.